The van der Waals surface area contributed by atoms with E-state index in [-0.39, 0.29) is 41.3 Å². The first-order chi connectivity index (χ1) is 19.9. The van der Waals surface area contributed by atoms with Gasteiger partial charge in [-0.05, 0) is 55.7 Å². The van der Waals surface area contributed by atoms with Crippen molar-refractivity contribution in [1.82, 2.24) is 20.3 Å². The molecule has 0 bridgehead atoms. The Balaban J connectivity index is 0.000000592. The molecule has 3 aromatic rings. The molecule has 4 rings (SSSR count). The van der Waals surface area contributed by atoms with Gasteiger partial charge in [-0.3, -0.25) is 4.79 Å². The van der Waals surface area contributed by atoms with Crippen LogP contribution < -0.4 is 11.1 Å². The van der Waals surface area contributed by atoms with Crippen LogP contribution in [0.2, 0.25) is 15.5 Å². The molecule has 1 amide bonds. The highest BCUT2D eigenvalue weighted by Gasteiger charge is 2.21. The van der Waals surface area contributed by atoms with Gasteiger partial charge in [0.25, 0.3) is 5.91 Å². The topological polar surface area (TPSA) is 190 Å². The molecule has 4 N–H and O–H groups in total. The van der Waals surface area contributed by atoms with Crippen molar-refractivity contribution in [2.75, 3.05) is 21.3 Å². The summed E-state index contributed by atoms with van der Waals surface area (Å²) in [6.07, 6.45) is 0. The molecule has 43 heavy (non-hydrogen) atoms. The number of hydrogen-bond donors (Lipinski definition) is 3. The van der Waals surface area contributed by atoms with Gasteiger partial charge in [-0.25, -0.2) is 24.5 Å². The van der Waals surface area contributed by atoms with Crippen LogP contribution in [0.4, 0.5) is 0 Å². The predicted molar refractivity (Wildman–Crippen MR) is 164 cm³/mol. The smallest absolute Gasteiger partial charge is 0.340 e. The lowest BCUT2D eigenvalue weighted by Gasteiger charge is -2.07. The second kappa shape index (κ2) is 18.9. The van der Waals surface area contributed by atoms with Crippen molar-refractivity contribution < 1.29 is 29.0 Å². The Kier molecular flexibility index (Phi) is 17.3. The van der Waals surface area contributed by atoms with Crippen LogP contribution >= 0.6 is 47.2 Å². The van der Waals surface area contributed by atoms with Gasteiger partial charge in [0.05, 0.1) is 48.8 Å². The van der Waals surface area contributed by atoms with E-state index >= 15 is 0 Å². The molecule has 0 aliphatic carbocycles. The number of pyridine rings is 3. The van der Waals surface area contributed by atoms with Crippen molar-refractivity contribution >= 4 is 65.1 Å². The van der Waals surface area contributed by atoms with Crippen LogP contribution in [0.3, 0.4) is 0 Å². The standard InChI is InChI=1S/C9H11ClN2O2.C9H7ClN2O2.C8H7ClN2O.CH4O.ClH/c2*1-5-3-6(9(13)14-2)7(4-11)12-8(5)10;1-4-2-5-6(11-7(4)9)3-10-8(5)12;1-2;/h3H,4,11H2,1-2H3;3H,1-2H3;2H,3H2,1H3,(H,10,12);2H,1H3;1H. The fourth-order valence-corrected chi connectivity index (χ4v) is 3.68. The van der Waals surface area contributed by atoms with Gasteiger partial charge in [-0.15, -0.1) is 12.4 Å². The van der Waals surface area contributed by atoms with Crippen molar-refractivity contribution in [2.24, 2.45) is 5.73 Å². The number of aliphatic hydroxyl groups is 1. The Labute approximate surface area is 269 Å². The fraction of sp³-hybridized carbons (Fsp3) is 0.296. The minimum Gasteiger partial charge on any atom is -0.465 e. The molecule has 0 saturated heterocycles. The van der Waals surface area contributed by atoms with E-state index in [4.69, 9.17) is 50.9 Å². The first-order valence-electron chi connectivity index (χ1n) is 11.9. The van der Waals surface area contributed by atoms with E-state index in [1.807, 2.05) is 6.92 Å². The number of aliphatic hydroxyl groups excluding tert-OH is 1. The van der Waals surface area contributed by atoms with Crippen molar-refractivity contribution in [3.63, 3.8) is 0 Å². The van der Waals surface area contributed by atoms with E-state index in [9.17, 15) is 14.4 Å². The molecule has 12 nitrogen and oxygen atoms in total. The lowest BCUT2D eigenvalue weighted by Crippen LogP contribution is -2.12. The molecule has 0 unspecified atom stereocenters. The van der Waals surface area contributed by atoms with Crippen molar-refractivity contribution in [2.45, 2.75) is 33.9 Å². The zero-order valence-corrected chi connectivity index (χ0v) is 27.1. The molecule has 16 heteroatoms. The third-order valence-corrected chi connectivity index (χ3v) is 6.53. The van der Waals surface area contributed by atoms with Crippen LogP contribution in [0.15, 0.2) is 18.2 Å². The number of carbonyl (C=O) groups excluding carboxylic acids is 3. The maximum absolute atomic E-state index is 11.3. The molecular weight excluding hydrogens is 646 g/mol. The highest BCUT2D eigenvalue weighted by molar-refractivity contribution is 6.31. The Morgan fingerprint density at radius 2 is 1.40 bits per heavy atom. The number of esters is 2. The molecule has 1 aliphatic rings. The number of nitrogens with zero attached hydrogens (tertiary/aromatic N) is 4. The largest absolute Gasteiger partial charge is 0.465 e. The van der Waals surface area contributed by atoms with Crippen molar-refractivity contribution in [1.29, 1.82) is 5.26 Å². The first kappa shape index (κ1) is 39.4. The Hall–Kier alpha value is -3.57. The number of aryl methyl sites for hydroxylation is 3. The highest BCUT2D eigenvalue weighted by atomic mass is 35.5. The SMILES string of the molecule is CO.COC(=O)c1cc(C)c(Cl)nc1C#N.COC(=O)c1cc(C)c(Cl)nc1CN.Cc1cc2c(nc1Cl)CNC2=O.Cl. The Bertz CT molecular complexity index is 1510. The van der Waals surface area contributed by atoms with Gasteiger partial charge in [-0.2, -0.15) is 5.26 Å². The monoisotopic (exact) mass is 674 g/mol. The maximum atomic E-state index is 11.3. The number of nitrogens with two attached hydrogens (primary N) is 1. The van der Waals surface area contributed by atoms with Gasteiger partial charge in [0.2, 0.25) is 0 Å². The zero-order chi connectivity index (χ0) is 32.1. The number of ether oxygens (including phenoxy) is 2. The number of methoxy groups -OCH3 is 2. The summed E-state index contributed by atoms with van der Waals surface area (Å²) in [5.74, 6) is -1.09. The summed E-state index contributed by atoms with van der Waals surface area (Å²) in [5, 5.41) is 19.4. The van der Waals surface area contributed by atoms with Gasteiger partial charge in [0.15, 0.2) is 5.69 Å². The number of amides is 1. The van der Waals surface area contributed by atoms with Crippen LogP contribution in [0.25, 0.3) is 0 Å². The summed E-state index contributed by atoms with van der Waals surface area (Å²) < 4.78 is 9.10. The molecule has 0 saturated carbocycles. The van der Waals surface area contributed by atoms with E-state index in [1.165, 1.54) is 20.3 Å². The molecule has 232 valence electrons. The number of nitriles is 1. The quantitative estimate of drug-likeness (QED) is 0.265. The van der Waals surface area contributed by atoms with E-state index in [2.05, 4.69) is 29.7 Å². The third kappa shape index (κ3) is 10.6. The van der Waals surface area contributed by atoms with Crippen LogP contribution in [-0.4, -0.2) is 59.2 Å². The number of aromatic nitrogens is 3. The van der Waals surface area contributed by atoms with E-state index in [0.717, 1.165) is 23.9 Å². The van der Waals surface area contributed by atoms with Gasteiger partial charge < -0.3 is 25.6 Å². The number of halogens is 4. The predicted octanol–water partition coefficient (Wildman–Crippen LogP) is 4.31. The highest BCUT2D eigenvalue weighted by Crippen LogP contribution is 2.20. The summed E-state index contributed by atoms with van der Waals surface area (Å²) in [6.45, 7) is 5.95. The third-order valence-electron chi connectivity index (χ3n) is 5.38. The maximum Gasteiger partial charge on any atom is 0.340 e. The zero-order valence-electron chi connectivity index (χ0n) is 24.0. The average molecular weight is 676 g/mol. The molecule has 1 aliphatic heterocycles. The summed E-state index contributed by atoms with van der Waals surface area (Å²) in [7, 11) is 3.56. The van der Waals surface area contributed by atoms with Crippen molar-refractivity contribution in [3.8, 4) is 6.07 Å². The molecule has 0 spiro atoms. The number of nitrogens with one attached hydrogen (secondary N) is 1. The summed E-state index contributed by atoms with van der Waals surface area (Å²) in [6, 6.07) is 6.67. The summed E-state index contributed by atoms with van der Waals surface area (Å²) in [4.78, 5) is 45.5. The van der Waals surface area contributed by atoms with E-state index < -0.39 is 11.9 Å². The first-order valence-corrected chi connectivity index (χ1v) is 13.0. The molecule has 0 fully saturated rings. The fourth-order valence-electron chi connectivity index (χ4n) is 3.23. The summed E-state index contributed by atoms with van der Waals surface area (Å²) in [5.41, 5.74) is 9.96. The normalized spacial score (nSPS) is 10.4. The van der Waals surface area contributed by atoms with Gasteiger partial charge in [0.1, 0.15) is 21.5 Å². The Morgan fingerprint density at radius 1 is 0.930 bits per heavy atom. The van der Waals surface area contributed by atoms with Crippen molar-refractivity contribution in [3.05, 3.63) is 84.1 Å². The average Bonchev–Trinajstić information content (AvgIpc) is 3.35. The summed E-state index contributed by atoms with van der Waals surface area (Å²) >= 11 is 17.3. The minimum absolute atomic E-state index is 0. The molecule has 0 radical (unpaired) electrons. The van der Waals surface area contributed by atoms with E-state index in [1.54, 1.807) is 32.0 Å². The van der Waals surface area contributed by atoms with Crippen LogP contribution in [0.5, 0.6) is 0 Å². The molecule has 0 aromatic carbocycles. The van der Waals surface area contributed by atoms with Crippen LogP contribution in [-0.2, 0) is 22.6 Å². The number of rotatable bonds is 3. The minimum atomic E-state index is -0.589. The molecule has 4 heterocycles. The Morgan fingerprint density at radius 3 is 1.91 bits per heavy atom. The molecular formula is C27H30Cl4N6O6. The molecule has 3 aromatic heterocycles. The van der Waals surface area contributed by atoms with Crippen LogP contribution in [0.1, 0.15) is 64.8 Å². The van der Waals surface area contributed by atoms with Gasteiger partial charge in [-0.1, -0.05) is 34.8 Å². The lowest BCUT2D eigenvalue weighted by atomic mass is 10.1. The number of carbonyl (C=O) groups is 3. The van der Waals surface area contributed by atoms with Gasteiger partial charge in [0, 0.05) is 13.7 Å². The number of hydrogen-bond acceptors (Lipinski definition) is 11. The second-order valence-electron chi connectivity index (χ2n) is 8.15. The lowest BCUT2D eigenvalue weighted by molar-refractivity contribution is 0.0590. The second-order valence-corrected chi connectivity index (χ2v) is 9.23. The van der Waals surface area contributed by atoms with Crippen LogP contribution in [0, 0.1) is 32.1 Å². The molecule has 0 atom stereocenters. The van der Waals surface area contributed by atoms with Gasteiger partial charge >= 0.3 is 11.9 Å². The number of fused-ring (bicyclic) bond motifs is 1. The van der Waals surface area contributed by atoms with E-state index in [0.29, 0.717) is 39.2 Å².